The van der Waals surface area contributed by atoms with E-state index in [2.05, 4.69) is 129 Å². The van der Waals surface area contributed by atoms with Crippen LogP contribution < -0.4 is 4.74 Å². The minimum absolute atomic E-state index is 0.121. The second-order valence-electron chi connectivity index (χ2n) is 10.2. The molecule has 0 radical (unpaired) electrons. The van der Waals surface area contributed by atoms with Crippen molar-refractivity contribution in [3.8, 4) is 33.8 Å². The second-order valence-corrected chi connectivity index (χ2v) is 10.2. The van der Waals surface area contributed by atoms with Crippen LogP contribution in [0.4, 0.5) is 0 Å². The highest BCUT2D eigenvalue weighted by Gasteiger charge is 2.34. The first-order chi connectivity index (χ1) is 17.6. The van der Waals surface area contributed by atoms with Gasteiger partial charge in [0.15, 0.2) is 0 Å². The standard InChI is InChI=1S/C35H26O/c1-35(2)31-13-7-8-14-33(31)36-34-20-19-25(22-32(34)35)23-15-17-24(18-16-23)30-21-26-9-3-4-10-27(26)28-11-5-6-12-29(28)30/h3-22H,1-2H3. The average molecular weight is 463 g/mol. The van der Waals surface area contributed by atoms with Gasteiger partial charge >= 0.3 is 0 Å². The largest absolute Gasteiger partial charge is 0.457 e. The normalized spacial score (nSPS) is 13.7. The van der Waals surface area contributed by atoms with Gasteiger partial charge in [0.2, 0.25) is 0 Å². The third kappa shape index (κ3) is 3.17. The maximum absolute atomic E-state index is 6.26. The molecule has 0 aliphatic carbocycles. The molecule has 1 heteroatoms. The Hall–Kier alpha value is -4.36. The Morgan fingerprint density at radius 1 is 0.472 bits per heavy atom. The van der Waals surface area contributed by atoms with E-state index in [1.807, 2.05) is 6.07 Å². The molecule has 0 saturated heterocycles. The molecule has 0 atom stereocenters. The molecule has 0 fully saturated rings. The summed E-state index contributed by atoms with van der Waals surface area (Å²) in [6.07, 6.45) is 0. The van der Waals surface area contributed by atoms with Crippen molar-refractivity contribution in [3.05, 3.63) is 132 Å². The van der Waals surface area contributed by atoms with Gasteiger partial charge < -0.3 is 4.74 Å². The monoisotopic (exact) mass is 462 g/mol. The lowest BCUT2D eigenvalue weighted by molar-refractivity contribution is 0.418. The van der Waals surface area contributed by atoms with E-state index < -0.39 is 0 Å². The zero-order chi connectivity index (χ0) is 24.3. The molecule has 6 aromatic rings. The molecule has 0 unspecified atom stereocenters. The van der Waals surface area contributed by atoms with E-state index in [4.69, 9.17) is 4.74 Å². The van der Waals surface area contributed by atoms with Gasteiger partial charge in [0.1, 0.15) is 11.5 Å². The first-order valence-electron chi connectivity index (χ1n) is 12.5. The van der Waals surface area contributed by atoms with Crippen molar-refractivity contribution in [2.75, 3.05) is 0 Å². The summed E-state index contributed by atoms with van der Waals surface area (Å²) in [4.78, 5) is 0. The van der Waals surface area contributed by atoms with Crippen molar-refractivity contribution in [3.63, 3.8) is 0 Å². The number of fused-ring (bicyclic) bond motifs is 5. The summed E-state index contributed by atoms with van der Waals surface area (Å²) < 4.78 is 6.26. The Kier molecular flexibility index (Phi) is 4.56. The number of ether oxygens (including phenoxy) is 1. The Balaban J connectivity index is 1.31. The molecule has 1 nitrogen and oxygen atoms in total. The highest BCUT2D eigenvalue weighted by Crippen LogP contribution is 2.48. The number of benzene rings is 6. The maximum atomic E-state index is 6.26. The quantitative estimate of drug-likeness (QED) is 0.233. The van der Waals surface area contributed by atoms with Crippen molar-refractivity contribution in [1.29, 1.82) is 0 Å². The first-order valence-corrected chi connectivity index (χ1v) is 12.5. The third-order valence-corrected chi connectivity index (χ3v) is 7.73. The van der Waals surface area contributed by atoms with Gasteiger partial charge in [-0.2, -0.15) is 0 Å². The van der Waals surface area contributed by atoms with Crippen LogP contribution in [-0.4, -0.2) is 0 Å². The zero-order valence-corrected chi connectivity index (χ0v) is 20.5. The number of hydrogen-bond acceptors (Lipinski definition) is 1. The van der Waals surface area contributed by atoms with Gasteiger partial charge in [-0.1, -0.05) is 111 Å². The second kappa shape index (κ2) is 7.83. The molecule has 172 valence electrons. The molecule has 0 amide bonds. The molecule has 0 spiro atoms. The zero-order valence-electron chi connectivity index (χ0n) is 20.5. The van der Waals surface area contributed by atoms with E-state index in [9.17, 15) is 0 Å². The summed E-state index contributed by atoms with van der Waals surface area (Å²) >= 11 is 0. The summed E-state index contributed by atoms with van der Waals surface area (Å²) in [5, 5.41) is 5.16. The van der Waals surface area contributed by atoms with E-state index in [-0.39, 0.29) is 5.41 Å². The lowest BCUT2D eigenvalue weighted by Gasteiger charge is -2.34. The van der Waals surface area contributed by atoms with E-state index >= 15 is 0 Å². The molecule has 0 N–H and O–H groups in total. The highest BCUT2D eigenvalue weighted by molar-refractivity contribution is 6.13. The fourth-order valence-corrected chi connectivity index (χ4v) is 5.76. The van der Waals surface area contributed by atoms with Crippen LogP contribution in [-0.2, 0) is 5.41 Å². The molecule has 0 aromatic heterocycles. The van der Waals surface area contributed by atoms with Crippen LogP contribution in [0.25, 0.3) is 43.8 Å². The topological polar surface area (TPSA) is 9.23 Å². The van der Waals surface area contributed by atoms with Crippen molar-refractivity contribution < 1.29 is 4.74 Å². The summed E-state index contributed by atoms with van der Waals surface area (Å²) in [5.74, 6) is 1.90. The molecule has 1 aliphatic rings. The van der Waals surface area contributed by atoms with Crippen molar-refractivity contribution in [2.45, 2.75) is 19.3 Å². The van der Waals surface area contributed by atoms with Gasteiger partial charge in [-0.25, -0.2) is 0 Å². The fraction of sp³-hybridized carbons (Fsp3) is 0.0857. The minimum Gasteiger partial charge on any atom is -0.457 e. The molecule has 36 heavy (non-hydrogen) atoms. The van der Waals surface area contributed by atoms with Crippen LogP contribution in [0.5, 0.6) is 11.5 Å². The van der Waals surface area contributed by atoms with Crippen LogP contribution in [0.15, 0.2) is 121 Å². The Morgan fingerprint density at radius 2 is 1.08 bits per heavy atom. The van der Waals surface area contributed by atoms with E-state index in [1.54, 1.807) is 0 Å². The number of hydrogen-bond donors (Lipinski definition) is 0. The van der Waals surface area contributed by atoms with Crippen molar-refractivity contribution >= 4 is 21.5 Å². The fourth-order valence-electron chi connectivity index (χ4n) is 5.76. The lowest BCUT2D eigenvalue weighted by atomic mass is 9.75. The maximum Gasteiger partial charge on any atom is 0.131 e. The lowest BCUT2D eigenvalue weighted by Crippen LogP contribution is -2.24. The molecule has 6 aromatic carbocycles. The van der Waals surface area contributed by atoms with Gasteiger partial charge in [-0.15, -0.1) is 0 Å². The summed E-state index contributed by atoms with van der Waals surface area (Å²) in [6, 6.07) is 43.6. The highest BCUT2D eigenvalue weighted by atomic mass is 16.5. The van der Waals surface area contributed by atoms with E-state index in [0.29, 0.717) is 0 Å². The SMILES string of the molecule is CC1(C)c2ccccc2Oc2ccc(-c3ccc(-c4cc5ccccc5c5ccccc45)cc3)cc21. The van der Waals surface area contributed by atoms with Crippen molar-refractivity contribution in [2.24, 2.45) is 0 Å². The van der Waals surface area contributed by atoms with E-state index in [0.717, 1.165) is 11.5 Å². The van der Waals surface area contributed by atoms with Gasteiger partial charge in [-0.3, -0.25) is 0 Å². The Bertz CT molecular complexity index is 1770. The number of para-hydroxylation sites is 1. The number of rotatable bonds is 2. The summed E-state index contributed by atoms with van der Waals surface area (Å²) in [6.45, 7) is 4.57. The van der Waals surface area contributed by atoms with Gasteiger partial charge in [-0.05, 0) is 68.1 Å². The molecular formula is C35H26O. The Labute approximate surface area is 211 Å². The van der Waals surface area contributed by atoms with Crippen LogP contribution in [0.2, 0.25) is 0 Å². The summed E-state index contributed by atoms with van der Waals surface area (Å²) in [5.41, 5.74) is 7.26. The molecular weight excluding hydrogens is 436 g/mol. The van der Waals surface area contributed by atoms with Crippen LogP contribution in [0, 0.1) is 0 Å². The smallest absolute Gasteiger partial charge is 0.131 e. The van der Waals surface area contributed by atoms with Gasteiger partial charge in [0.25, 0.3) is 0 Å². The Morgan fingerprint density at radius 3 is 1.92 bits per heavy atom. The molecule has 0 bridgehead atoms. The molecule has 0 saturated carbocycles. The van der Waals surface area contributed by atoms with Gasteiger partial charge in [0.05, 0.1) is 0 Å². The minimum atomic E-state index is -0.121. The average Bonchev–Trinajstić information content (AvgIpc) is 2.93. The third-order valence-electron chi connectivity index (χ3n) is 7.73. The van der Waals surface area contributed by atoms with Crippen LogP contribution in [0.1, 0.15) is 25.0 Å². The van der Waals surface area contributed by atoms with Crippen LogP contribution >= 0.6 is 0 Å². The first kappa shape index (κ1) is 21.0. The van der Waals surface area contributed by atoms with Crippen molar-refractivity contribution in [1.82, 2.24) is 0 Å². The molecule has 1 aliphatic heterocycles. The van der Waals surface area contributed by atoms with Crippen LogP contribution in [0.3, 0.4) is 0 Å². The predicted molar refractivity (Wildman–Crippen MR) is 151 cm³/mol. The van der Waals surface area contributed by atoms with Gasteiger partial charge in [0, 0.05) is 16.5 Å². The predicted octanol–water partition coefficient (Wildman–Crippen LogP) is 9.76. The molecule has 7 rings (SSSR count). The molecule has 1 heterocycles. The van der Waals surface area contributed by atoms with E-state index in [1.165, 1.54) is 54.9 Å². The summed E-state index contributed by atoms with van der Waals surface area (Å²) in [7, 11) is 0.